The molecule has 3 N–H and O–H groups in total. The summed E-state index contributed by atoms with van der Waals surface area (Å²) in [6.07, 6.45) is 0. The molecule has 3 rings (SSSR count). The smallest absolute Gasteiger partial charge is 0.193 e. The van der Waals surface area contributed by atoms with Crippen LogP contribution in [0.2, 0.25) is 0 Å². The van der Waals surface area contributed by atoms with E-state index in [1.165, 1.54) is 0 Å². The minimum atomic E-state index is -0.0421. The van der Waals surface area contributed by atoms with Crippen LogP contribution in [0.1, 0.15) is 21.5 Å². The number of hydrogen-bond acceptors (Lipinski definition) is 2. The quantitative estimate of drug-likeness (QED) is 0.436. The number of hydrogen-bond donors (Lipinski definition) is 2. The van der Waals surface area contributed by atoms with Crippen molar-refractivity contribution in [3.05, 3.63) is 95.6 Å². The summed E-state index contributed by atoms with van der Waals surface area (Å²) in [5, 5.41) is 7.42. The highest BCUT2D eigenvalue weighted by Gasteiger charge is 2.14. The number of nitrogen functional groups attached to an aromatic ring is 1. The summed E-state index contributed by atoms with van der Waals surface area (Å²) in [6, 6.07) is 24.2. The summed E-state index contributed by atoms with van der Waals surface area (Å²) < 4.78 is 0. The Bertz CT molecular complexity index is 852. The van der Waals surface area contributed by atoms with E-state index in [9.17, 15) is 4.79 Å². The van der Waals surface area contributed by atoms with Gasteiger partial charge in [0, 0.05) is 16.7 Å². The topological polar surface area (TPSA) is 66.9 Å². The van der Waals surface area contributed by atoms with Crippen LogP contribution in [0.4, 0.5) is 0 Å². The van der Waals surface area contributed by atoms with Crippen molar-refractivity contribution < 1.29 is 4.79 Å². The van der Waals surface area contributed by atoms with Gasteiger partial charge in [-0.05, 0) is 11.1 Å². The summed E-state index contributed by atoms with van der Waals surface area (Å²) in [4.78, 5) is 12.8. The van der Waals surface area contributed by atoms with E-state index in [1.807, 2.05) is 54.6 Å². The minimum absolute atomic E-state index is 0.00585. The lowest BCUT2D eigenvalue weighted by Crippen LogP contribution is -2.11. The van der Waals surface area contributed by atoms with Crippen LogP contribution in [-0.4, -0.2) is 11.6 Å². The van der Waals surface area contributed by atoms with Gasteiger partial charge < -0.3 is 5.73 Å². The van der Waals surface area contributed by atoms with Gasteiger partial charge in [-0.3, -0.25) is 10.2 Å². The van der Waals surface area contributed by atoms with E-state index in [1.54, 1.807) is 24.3 Å². The number of nitrogens with one attached hydrogen (secondary N) is 1. The predicted molar refractivity (Wildman–Crippen MR) is 92.8 cm³/mol. The molecule has 0 bridgehead atoms. The van der Waals surface area contributed by atoms with Crippen molar-refractivity contribution in [3.8, 4) is 11.1 Å². The van der Waals surface area contributed by atoms with E-state index in [-0.39, 0.29) is 11.6 Å². The molecular formula is C20H16N2O. The van der Waals surface area contributed by atoms with E-state index in [4.69, 9.17) is 11.1 Å². The molecule has 0 saturated carbocycles. The zero-order valence-corrected chi connectivity index (χ0v) is 12.5. The molecule has 0 fully saturated rings. The lowest BCUT2D eigenvalue weighted by atomic mass is 9.93. The molecule has 0 amide bonds. The molecule has 23 heavy (non-hydrogen) atoms. The number of carbonyl (C=O) groups is 1. The Hall–Kier alpha value is -3.20. The van der Waals surface area contributed by atoms with E-state index in [0.29, 0.717) is 16.7 Å². The lowest BCUT2D eigenvalue weighted by molar-refractivity contribution is 0.103. The second-order valence-corrected chi connectivity index (χ2v) is 5.23. The van der Waals surface area contributed by atoms with Gasteiger partial charge in [-0.1, -0.05) is 78.9 Å². The highest BCUT2D eigenvalue weighted by atomic mass is 16.1. The normalized spacial score (nSPS) is 10.3. The summed E-state index contributed by atoms with van der Waals surface area (Å²) in [5.41, 5.74) is 9.22. The van der Waals surface area contributed by atoms with Crippen molar-refractivity contribution in [2.24, 2.45) is 5.73 Å². The fourth-order valence-electron chi connectivity index (χ4n) is 2.51. The molecule has 0 heterocycles. The van der Waals surface area contributed by atoms with Gasteiger partial charge in [0.2, 0.25) is 0 Å². The molecule has 0 spiro atoms. The molecule has 0 aliphatic carbocycles. The SMILES string of the molecule is N=C(N)c1ccc(C(=O)c2ccccc2-c2ccccc2)cc1. The fourth-order valence-corrected chi connectivity index (χ4v) is 2.51. The number of rotatable bonds is 4. The Balaban J connectivity index is 2.02. The summed E-state index contributed by atoms with van der Waals surface area (Å²) in [5.74, 6) is -0.0479. The molecule has 0 unspecified atom stereocenters. The molecule has 0 atom stereocenters. The maximum atomic E-state index is 12.8. The third-order valence-electron chi connectivity index (χ3n) is 3.71. The zero-order chi connectivity index (χ0) is 16.2. The monoisotopic (exact) mass is 300 g/mol. The Kier molecular flexibility index (Phi) is 4.02. The summed E-state index contributed by atoms with van der Waals surface area (Å²) in [6.45, 7) is 0. The van der Waals surface area contributed by atoms with Gasteiger partial charge in [0.1, 0.15) is 5.84 Å². The van der Waals surface area contributed by atoms with Gasteiger partial charge in [0.05, 0.1) is 0 Å². The van der Waals surface area contributed by atoms with Crippen LogP contribution in [-0.2, 0) is 0 Å². The van der Waals surface area contributed by atoms with E-state index >= 15 is 0 Å². The molecule has 0 aliphatic rings. The number of amidine groups is 1. The number of nitrogens with two attached hydrogens (primary N) is 1. The van der Waals surface area contributed by atoms with Crippen LogP contribution < -0.4 is 5.73 Å². The Morgan fingerprint density at radius 2 is 1.30 bits per heavy atom. The molecule has 0 radical (unpaired) electrons. The van der Waals surface area contributed by atoms with E-state index in [0.717, 1.165) is 11.1 Å². The first-order chi connectivity index (χ1) is 11.2. The fraction of sp³-hybridized carbons (Fsp3) is 0. The molecule has 3 heteroatoms. The van der Waals surface area contributed by atoms with Gasteiger partial charge in [-0.15, -0.1) is 0 Å². The van der Waals surface area contributed by atoms with Crippen molar-refractivity contribution in [1.82, 2.24) is 0 Å². The van der Waals surface area contributed by atoms with Crippen LogP contribution in [0, 0.1) is 5.41 Å². The molecule has 3 aromatic carbocycles. The molecule has 112 valence electrons. The number of benzene rings is 3. The molecule has 3 nitrogen and oxygen atoms in total. The van der Waals surface area contributed by atoms with Crippen molar-refractivity contribution in [2.45, 2.75) is 0 Å². The molecule has 0 aliphatic heterocycles. The van der Waals surface area contributed by atoms with Gasteiger partial charge in [-0.2, -0.15) is 0 Å². The maximum Gasteiger partial charge on any atom is 0.193 e. The highest BCUT2D eigenvalue weighted by Crippen LogP contribution is 2.25. The number of ketones is 1. The van der Waals surface area contributed by atoms with Crippen LogP contribution in [0.5, 0.6) is 0 Å². The minimum Gasteiger partial charge on any atom is -0.384 e. The first-order valence-corrected chi connectivity index (χ1v) is 7.30. The third kappa shape index (κ3) is 3.04. The first kappa shape index (κ1) is 14.7. The first-order valence-electron chi connectivity index (χ1n) is 7.30. The van der Waals surface area contributed by atoms with Crippen LogP contribution in [0.3, 0.4) is 0 Å². The van der Waals surface area contributed by atoms with Crippen molar-refractivity contribution in [3.63, 3.8) is 0 Å². The third-order valence-corrected chi connectivity index (χ3v) is 3.71. The van der Waals surface area contributed by atoms with Crippen molar-refractivity contribution in [2.75, 3.05) is 0 Å². The highest BCUT2D eigenvalue weighted by molar-refractivity contribution is 6.13. The maximum absolute atomic E-state index is 12.8. The van der Waals surface area contributed by atoms with E-state index < -0.39 is 0 Å². The zero-order valence-electron chi connectivity index (χ0n) is 12.5. The van der Waals surface area contributed by atoms with Gasteiger partial charge >= 0.3 is 0 Å². The molecular weight excluding hydrogens is 284 g/mol. The van der Waals surface area contributed by atoms with Gasteiger partial charge in [0.25, 0.3) is 0 Å². The van der Waals surface area contributed by atoms with Crippen LogP contribution in [0.25, 0.3) is 11.1 Å². The molecule has 0 saturated heterocycles. The number of carbonyl (C=O) groups excluding carboxylic acids is 1. The second-order valence-electron chi connectivity index (χ2n) is 5.23. The lowest BCUT2D eigenvalue weighted by Gasteiger charge is -2.09. The van der Waals surface area contributed by atoms with Crippen molar-refractivity contribution >= 4 is 11.6 Å². The van der Waals surface area contributed by atoms with Crippen LogP contribution in [0.15, 0.2) is 78.9 Å². The van der Waals surface area contributed by atoms with Gasteiger partial charge in [-0.25, -0.2) is 0 Å². The average Bonchev–Trinajstić information content (AvgIpc) is 2.62. The molecule has 0 aromatic heterocycles. The molecule has 3 aromatic rings. The average molecular weight is 300 g/mol. The predicted octanol–water partition coefficient (Wildman–Crippen LogP) is 3.87. The van der Waals surface area contributed by atoms with Crippen molar-refractivity contribution in [1.29, 1.82) is 5.41 Å². The Morgan fingerprint density at radius 3 is 1.96 bits per heavy atom. The van der Waals surface area contributed by atoms with Crippen LogP contribution >= 0.6 is 0 Å². The van der Waals surface area contributed by atoms with E-state index in [2.05, 4.69) is 0 Å². The summed E-state index contributed by atoms with van der Waals surface area (Å²) >= 11 is 0. The largest absolute Gasteiger partial charge is 0.384 e. The Labute approximate surface area is 134 Å². The van der Waals surface area contributed by atoms with Gasteiger partial charge in [0.15, 0.2) is 5.78 Å². The summed E-state index contributed by atoms with van der Waals surface area (Å²) in [7, 11) is 0. The second kappa shape index (κ2) is 6.28. The Morgan fingerprint density at radius 1 is 0.739 bits per heavy atom. The standard InChI is InChI=1S/C20H16N2O/c21-20(22)16-12-10-15(11-13-16)19(23)18-9-5-4-8-17(18)14-6-2-1-3-7-14/h1-13H,(H3,21,22).